The third-order valence-electron chi connectivity index (χ3n) is 3.95. The van der Waals surface area contributed by atoms with Crippen LogP contribution < -0.4 is 16.8 Å². The molecule has 3 heterocycles. The van der Waals surface area contributed by atoms with Crippen molar-refractivity contribution in [2.45, 2.75) is 31.0 Å². The number of nitrogens with two attached hydrogens (primary N) is 2. The van der Waals surface area contributed by atoms with Crippen molar-refractivity contribution in [3.05, 3.63) is 16.7 Å². The molecule has 0 bridgehead atoms. The molecule has 7 N–H and O–H groups in total. The Morgan fingerprint density at radius 2 is 2.28 bits per heavy atom. The fourth-order valence-electron chi connectivity index (χ4n) is 2.71. The van der Waals surface area contributed by atoms with Crippen LogP contribution >= 0.6 is 7.52 Å². The van der Waals surface area contributed by atoms with E-state index in [-0.39, 0.29) is 23.7 Å². The molecular weight excluding hydrogens is 355 g/mol. The molecule has 1 fully saturated rings. The van der Waals surface area contributed by atoms with Gasteiger partial charge in [-0.05, 0) is 6.92 Å². The molecular formula is C12H19N6O6P. The first-order valence-corrected chi connectivity index (χ1v) is 9.43. The van der Waals surface area contributed by atoms with Gasteiger partial charge in [0.25, 0.3) is 13.1 Å². The molecule has 5 unspecified atom stereocenters. The molecule has 13 heteroatoms. The summed E-state index contributed by atoms with van der Waals surface area (Å²) in [6, 6.07) is 0. The number of hydrogen-bond donors (Lipinski definition) is 5. The van der Waals surface area contributed by atoms with Crippen molar-refractivity contribution in [3.8, 4) is 0 Å². The zero-order valence-corrected chi connectivity index (χ0v) is 14.4. The first-order valence-electron chi connectivity index (χ1n) is 7.29. The van der Waals surface area contributed by atoms with Gasteiger partial charge < -0.3 is 25.2 Å². The number of fused-ring (bicyclic) bond motifs is 1. The van der Waals surface area contributed by atoms with Crippen LogP contribution in [0.3, 0.4) is 0 Å². The van der Waals surface area contributed by atoms with Gasteiger partial charge in [0.2, 0.25) is 5.95 Å². The van der Waals surface area contributed by atoms with E-state index in [0.29, 0.717) is 0 Å². The van der Waals surface area contributed by atoms with Crippen molar-refractivity contribution < 1.29 is 24.0 Å². The van der Waals surface area contributed by atoms with E-state index in [1.807, 2.05) is 0 Å². The molecule has 1 aliphatic rings. The average Bonchev–Trinajstić information content (AvgIpc) is 2.97. The highest BCUT2D eigenvalue weighted by molar-refractivity contribution is 7.55. The lowest BCUT2D eigenvalue weighted by atomic mass is 9.96. The summed E-state index contributed by atoms with van der Waals surface area (Å²) >= 11 is 0. The second kappa shape index (κ2) is 5.87. The largest absolute Gasteiger partial charge is 0.387 e. The molecule has 0 saturated carbocycles. The van der Waals surface area contributed by atoms with E-state index >= 15 is 0 Å². The van der Waals surface area contributed by atoms with E-state index < -0.39 is 37.1 Å². The summed E-state index contributed by atoms with van der Waals surface area (Å²) in [7, 11) is -3.28. The Balaban J connectivity index is 1.97. The van der Waals surface area contributed by atoms with Crippen LogP contribution in [0.1, 0.15) is 13.2 Å². The minimum Gasteiger partial charge on any atom is -0.387 e. The Labute approximate surface area is 141 Å². The number of hydrogen-bond acceptors (Lipinski definition) is 9. The van der Waals surface area contributed by atoms with Crippen LogP contribution in [0.2, 0.25) is 0 Å². The van der Waals surface area contributed by atoms with Crippen molar-refractivity contribution in [1.29, 1.82) is 0 Å². The molecule has 0 spiro atoms. The minimum absolute atomic E-state index is 0.00260. The van der Waals surface area contributed by atoms with E-state index in [4.69, 9.17) is 20.5 Å². The molecule has 3 rings (SSSR count). The molecule has 2 aromatic rings. The van der Waals surface area contributed by atoms with E-state index in [0.717, 1.165) is 0 Å². The van der Waals surface area contributed by atoms with Crippen molar-refractivity contribution in [1.82, 2.24) is 19.5 Å². The summed E-state index contributed by atoms with van der Waals surface area (Å²) in [6.45, 7) is 2.27. The van der Waals surface area contributed by atoms with Gasteiger partial charge in [0, 0.05) is 6.66 Å². The number of imidazole rings is 1. The summed E-state index contributed by atoms with van der Waals surface area (Å²) in [4.78, 5) is 22.1. The van der Waals surface area contributed by atoms with Gasteiger partial charge in [-0.3, -0.25) is 24.4 Å². The highest BCUT2D eigenvalue weighted by Gasteiger charge is 2.53. The number of ether oxygens (including phenoxy) is 1. The zero-order valence-electron chi connectivity index (χ0n) is 13.5. The number of aromatic amines is 1. The van der Waals surface area contributed by atoms with Gasteiger partial charge in [-0.2, -0.15) is 4.98 Å². The number of nitrogens with zero attached hydrogens (tertiary/aromatic N) is 3. The average molecular weight is 374 g/mol. The maximum Gasteiger partial charge on any atom is 0.280 e. The number of aliphatic hydroxyl groups excluding tert-OH is 1. The molecule has 1 saturated heterocycles. The summed E-state index contributed by atoms with van der Waals surface area (Å²) in [6.07, 6.45) is -2.27. The van der Waals surface area contributed by atoms with Crippen molar-refractivity contribution >= 4 is 24.6 Å². The van der Waals surface area contributed by atoms with Gasteiger partial charge in [0.05, 0.1) is 12.9 Å². The summed E-state index contributed by atoms with van der Waals surface area (Å²) < 4.78 is 23.4. The Hall–Kier alpha value is -1.82. The minimum atomic E-state index is -3.28. The maximum atomic E-state index is 11.9. The summed E-state index contributed by atoms with van der Waals surface area (Å²) in [5, 5.41) is 21.0. The number of nitrogen functional groups attached to an aromatic ring is 1. The van der Waals surface area contributed by atoms with Gasteiger partial charge in [0.15, 0.2) is 17.4 Å². The summed E-state index contributed by atoms with van der Waals surface area (Å²) in [5.74, 6) is -0.132. The smallest absolute Gasteiger partial charge is 0.280 e. The lowest BCUT2D eigenvalue weighted by molar-refractivity contribution is -0.0947. The van der Waals surface area contributed by atoms with Gasteiger partial charge >= 0.3 is 0 Å². The number of H-pyrrole nitrogens is 1. The SMILES string of the molecule is CC1(O)C(O)C(COP(C)(N)=O)OC1n1cnc2c(=O)[nH]c(N)nc21. The highest BCUT2D eigenvalue weighted by atomic mass is 31.2. The van der Waals surface area contributed by atoms with E-state index in [2.05, 4.69) is 15.0 Å². The van der Waals surface area contributed by atoms with Crippen molar-refractivity contribution in [2.75, 3.05) is 19.0 Å². The molecule has 0 aliphatic carbocycles. The first-order chi connectivity index (χ1) is 11.5. The normalized spacial score (nSPS) is 32.1. The molecule has 2 aromatic heterocycles. The van der Waals surface area contributed by atoms with Crippen LogP contribution in [0.25, 0.3) is 11.2 Å². The Kier molecular flexibility index (Phi) is 4.22. The highest BCUT2D eigenvalue weighted by Crippen LogP contribution is 2.41. The van der Waals surface area contributed by atoms with Crippen molar-refractivity contribution in [3.63, 3.8) is 0 Å². The molecule has 12 nitrogen and oxygen atoms in total. The molecule has 5 atom stereocenters. The van der Waals surface area contributed by atoms with Crippen LogP contribution in [0.15, 0.2) is 11.1 Å². The monoisotopic (exact) mass is 374 g/mol. The van der Waals surface area contributed by atoms with Crippen LogP contribution in [0, 0.1) is 0 Å². The zero-order chi connectivity index (χ0) is 18.6. The topological polar surface area (TPSA) is 192 Å². The maximum absolute atomic E-state index is 11.9. The predicted octanol–water partition coefficient (Wildman–Crippen LogP) is -1.49. The van der Waals surface area contributed by atoms with Crippen LogP contribution in [-0.2, 0) is 13.8 Å². The molecule has 25 heavy (non-hydrogen) atoms. The Morgan fingerprint density at radius 3 is 2.92 bits per heavy atom. The second-order valence-electron chi connectivity index (χ2n) is 6.18. The van der Waals surface area contributed by atoms with Crippen LogP contribution in [0.4, 0.5) is 5.95 Å². The Morgan fingerprint density at radius 1 is 1.60 bits per heavy atom. The number of nitrogens with one attached hydrogen (secondary N) is 1. The van der Waals surface area contributed by atoms with Gasteiger partial charge in [-0.15, -0.1) is 0 Å². The summed E-state index contributed by atoms with van der Waals surface area (Å²) in [5.41, 5.74) is 8.63. The van der Waals surface area contributed by atoms with Crippen LogP contribution in [0.5, 0.6) is 0 Å². The molecule has 0 radical (unpaired) electrons. The van der Waals surface area contributed by atoms with Gasteiger partial charge in [-0.25, -0.2) is 4.98 Å². The fourth-order valence-corrected chi connectivity index (χ4v) is 3.16. The fraction of sp³-hybridized carbons (Fsp3) is 0.583. The number of anilines is 1. The van der Waals surface area contributed by atoms with Crippen molar-refractivity contribution in [2.24, 2.45) is 5.50 Å². The molecule has 0 aromatic carbocycles. The number of aliphatic hydroxyl groups is 2. The quantitative estimate of drug-likeness (QED) is 0.394. The third-order valence-corrected chi connectivity index (χ3v) is 4.61. The molecule has 138 valence electrons. The Bertz CT molecular complexity index is 903. The lowest BCUT2D eigenvalue weighted by Crippen LogP contribution is -2.44. The van der Waals surface area contributed by atoms with Crippen LogP contribution in [-0.4, -0.2) is 60.8 Å². The standard InChI is InChI=1S/C12H19N6O6P/c1-12(21)7(19)5(3-23-25(2,14)22)24-10(12)18-4-15-6-8(18)16-11(13)17-9(6)20/h4-5,7,10,19,21H,3H2,1-2H3,(H2,14,22)(H3,13,16,17,20). The molecule has 0 amide bonds. The van der Waals surface area contributed by atoms with Gasteiger partial charge in [0.1, 0.15) is 17.8 Å². The second-order valence-corrected chi connectivity index (χ2v) is 8.25. The van der Waals surface area contributed by atoms with Gasteiger partial charge in [-0.1, -0.05) is 0 Å². The number of rotatable bonds is 4. The first kappa shape index (κ1) is 18.0. The number of aromatic nitrogens is 4. The van der Waals surface area contributed by atoms with E-state index in [9.17, 15) is 19.6 Å². The lowest BCUT2D eigenvalue weighted by Gasteiger charge is -2.27. The molecule has 1 aliphatic heterocycles. The third kappa shape index (κ3) is 3.19. The van der Waals surface area contributed by atoms with E-state index in [1.54, 1.807) is 0 Å². The predicted molar refractivity (Wildman–Crippen MR) is 86.8 cm³/mol. The van der Waals surface area contributed by atoms with E-state index in [1.165, 1.54) is 24.5 Å².